The summed E-state index contributed by atoms with van der Waals surface area (Å²) in [6.45, 7) is 5.17. The van der Waals surface area contributed by atoms with Crippen molar-refractivity contribution in [2.45, 2.75) is 39.2 Å². The van der Waals surface area contributed by atoms with Gasteiger partial charge in [0.15, 0.2) is 0 Å². The van der Waals surface area contributed by atoms with Crippen LogP contribution in [-0.2, 0) is 6.54 Å². The van der Waals surface area contributed by atoms with Crippen LogP contribution >= 0.6 is 0 Å². The number of methoxy groups -OCH3 is 1. The fourth-order valence-electron chi connectivity index (χ4n) is 2.42. The molecule has 1 aromatic carbocycles. The van der Waals surface area contributed by atoms with E-state index in [1.165, 1.54) is 29.8 Å². The molecule has 19 heavy (non-hydrogen) atoms. The Morgan fingerprint density at radius 3 is 2.84 bits per heavy atom. The molecule has 1 aromatic heterocycles. The molecule has 3 nitrogen and oxygen atoms in total. The second-order valence-electron chi connectivity index (χ2n) is 5.46. The molecule has 0 bridgehead atoms. The minimum absolute atomic E-state index is 0.641. The SMILES string of the molecule is COc1cccc2c1nc(C1CC1)n2CC=C(C)C. The van der Waals surface area contributed by atoms with E-state index >= 15 is 0 Å². The molecule has 0 unspecified atom stereocenters. The third-order valence-electron chi connectivity index (χ3n) is 3.62. The van der Waals surface area contributed by atoms with Gasteiger partial charge in [0, 0.05) is 12.5 Å². The monoisotopic (exact) mass is 256 g/mol. The first-order valence-corrected chi connectivity index (χ1v) is 6.87. The third-order valence-corrected chi connectivity index (χ3v) is 3.62. The van der Waals surface area contributed by atoms with Crippen molar-refractivity contribution in [1.82, 2.24) is 9.55 Å². The summed E-state index contributed by atoms with van der Waals surface area (Å²) in [6.07, 6.45) is 4.79. The molecule has 0 amide bonds. The highest BCUT2D eigenvalue weighted by atomic mass is 16.5. The summed E-state index contributed by atoms with van der Waals surface area (Å²) in [7, 11) is 1.71. The normalized spacial score (nSPS) is 14.7. The van der Waals surface area contributed by atoms with Crippen LogP contribution in [0.15, 0.2) is 29.8 Å². The molecular weight excluding hydrogens is 236 g/mol. The first kappa shape index (κ1) is 12.3. The molecule has 0 radical (unpaired) electrons. The van der Waals surface area contributed by atoms with Crippen LogP contribution in [0.3, 0.4) is 0 Å². The second-order valence-corrected chi connectivity index (χ2v) is 5.46. The largest absolute Gasteiger partial charge is 0.494 e. The number of ether oxygens (including phenoxy) is 1. The highest BCUT2D eigenvalue weighted by Crippen LogP contribution is 2.41. The molecular formula is C16H20N2O. The summed E-state index contributed by atoms with van der Waals surface area (Å²) in [5.74, 6) is 2.73. The van der Waals surface area contributed by atoms with E-state index in [1.807, 2.05) is 12.1 Å². The maximum absolute atomic E-state index is 5.43. The van der Waals surface area contributed by atoms with Gasteiger partial charge in [0.05, 0.1) is 12.6 Å². The van der Waals surface area contributed by atoms with E-state index in [0.29, 0.717) is 5.92 Å². The smallest absolute Gasteiger partial charge is 0.146 e. The zero-order valence-corrected chi connectivity index (χ0v) is 11.8. The Morgan fingerprint density at radius 1 is 1.42 bits per heavy atom. The molecule has 3 rings (SSSR count). The summed E-state index contributed by atoms with van der Waals surface area (Å²) < 4.78 is 7.77. The predicted octanol–water partition coefficient (Wildman–Crippen LogP) is 3.89. The van der Waals surface area contributed by atoms with E-state index < -0.39 is 0 Å². The minimum Gasteiger partial charge on any atom is -0.494 e. The fraction of sp³-hybridized carbons (Fsp3) is 0.438. The molecule has 3 heteroatoms. The number of fused-ring (bicyclic) bond motifs is 1. The van der Waals surface area contributed by atoms with Crippen molar-refractivity contribution >= 4 is 11.0 Å². The van der Waals surface area contributed by atoms with E-state index in [1.54, 1.807) is 7.11 Å². The van der Waals surface area contributed by atoms with Crippen LogP contribution in [0.2, 0.25) is 0 Å². The average Bonchev–Trinajstić information content (AvgIpc) is 3.17. The van der Waals surface area contributed by atoms with Crippen LogP contribution in [-0.4, -0.2) is 16.7 Å². The Kier molecular flexibility index (Phi) is 3.05. The van der Waals surface area contributed by atoms with Crippen molar-refractivity contribution in [2.24, 2.45) is 0 Å². The Hall–Kier alpha value is -1.77. The summed E-state index contributed by atoms with van der Waals surface area (Å²) >= 11 is 0. The minimum atomic E-state index is 0.641. The van der Waals surface area contributed by atoms with Gasteiger partial charge in [0.1, 0.15) is 17.1 Å². The van der Waals surface area contributed by atoms with Gasteiger partial charge in [-0.15, -0.1) is 0 Å². The number of rotatable bonds is 4. The molecule has 0 saturated heterocycles. The molecule has 0 aliphatic heterocycles. The number of aromatic nitrogens is 2. The van der Waals surface area contributed by atoms with Crippen LogP contribution in [0, 0.1) is 0 Å². The van der Waals surface area contributed by atoms with Crippen LogP contribution in [0.25, 0.3) is 11.0 Å². The lowest BCUT2D eigenvalue weighted by atomic mass is 10.2. The van der Waals surface area contributed by atoms with Gasteiger partial charge < -0.3 is 9.30 Å². The summed E-state index contributed by atoms with van der Waals surface area (Å²) in [4.78, 5) is 4.83. The number of hydrogen-bond donors (Lipinski definition) is 0. The van der Waals surface area contributed by atoms with Crippen LogP contribution < -0.4 is 4.74 Å². The number of hydrogen-bond acceptors (Lipinski definition) is 2. The number of para-hydroxylation sites is 1. The number of benzene rings is 1. The predicted molar refractivity (Wildman–Crippen MR) is 77.7 cm³/mol. The molecule has 1 aliphatic carbocycles. The Bertz CT molecular complexity index is 631. The molecule has 100 valence electrons. The molecule has 2 aromatic rings. The summed E-state index contributed by atoms with van der Waals surface area (Å²) in [5.41, 5.74) is 3.51. The third kappa shape index (κ3) is 2.25. The lowest BCUT2D eigenvalue weighted by Gasteiger charge is -2.06. The average molecular weight is 256 g/mol. The van der Waals surface area contributed by atoms with Crippen LogP contribution in [0.4, 0.5) is 0 Å². The van der Waals surface area contributed by atoms with Gasteiger partial charge in [-0.1, -0.05) is 17.7 Å². The van der Waals surface area contributed by atoms with E-state index in [2.05, 4.69) is 30.6 Å². The van der Waals surface area contributed by atoms with Gasteiger partial charge >= 0.3 is 0 Å². The number of nitrogens with zero attached hydrogens (tertiary/aromatic N) is 2. The summed E-state index contributed by atoms with van der Waals surface area (Å²) in [6, 6.07) is 6.16. The van der Waals surface area contributed by atoms with Gasteiger partial charge in [-0.2, -0.15) is 0 Å². The molecule has 1 saturated carbocycles. The second kappa shape index (κ2) is 4.72. The maximum Gasteiger partial charge on any atom is 0.146 e. The van der Waals surface area contributed by atoms with Crippen molar-refractivity contribution in [1.29, 1.82) is 0 Å². The molecule has 0 spiro atoms. The first-order valence-electron chi connectivity index (χ1n) is 6.87. The standard InChI is InChI=1S/C16H20N2O/c1-11(2)9-10-18-13-5-4-6-14(19-3)15(13)17-16(18)12-7-8-12/h4-6,9,12H,7-8,10H2,1-3H3. The van der Waals surface area contributed by atoms with E-state index in [4.69, 9.17) is 9.72 Å². The van der Waals surface area contributed by atoms with Crippen molar-refractivity contribution in [3.63, 3.8) is 0 Å². The molecule has 1 fully saturated rings. The highest BCUT2D eigenvalue weighted by Gasteiger charge is 2.29. The zero-order chi connectivity index (χ0) is 13.4. The molecule has 1 heterocycles. The quantitative estimate of drug-likeness (QED) is 0.776. The first-order chi connectivity index (χ1) is 9.20. The topological polar surface area (TPSA) is 27.1 Å². The molecule has 0 N–H and O–H groups in total. The Labute approximate surface area is 113 Å². The number of imidazole rings is 1. The van der Waals surface area contributed by atoms with E-state index in [0.717, 1.165) is 17.8 Å². The Balaban J connectivity index is 2.15. The highest BCUT2D eigenvalue weighted by molar-refractivity contribution is 5.82. The van der Waals surface area contributed by atoms with Gasteiger partial charge in [0.2, 0.25) is 0 Å². The summed E-state index contributed by atoms with van der Waals surface area (Å²) in [5, 5.41) is 0. The number of allylic oxidation sites excluding steroid dienone is 2. The van der Waals surface area contributed by atoms with Gasteiger partial charge in [-0.25, -0.2) is 4.98 Å². The van der Waals surface area contributed by atoms with E-state index in [-0.39, 0.29) is 0 Å². The molecule has 0 atom stereocenters. The van der Waals surface area contributed by atoms with Gasteiger partial charge in [0.25, 0.3) is 0 Å². The van der Waals surface area contributed by atoms with Crippen LogP contribution in [0.1, 0.15) is 38.4 Å². The lowest BCUT2D eigenvalue weighted by Crippen LogP contribution is -2.01. The zero-order valence-electron chi connectivity index (χ0n) is 11.8. The molecule has 1 aliphatic rings. The van der Waals surface area contributed by atoms with Crippen molar-refractivity contribution in [2.75, 3.05) is 7.11 Å². The van der Waals surface area contributed by atoms with Crippen molar-refractivity contribution in [3.05, 3.63) is 35.7 Å². The lowest BCUT2D eigenvalue weighted by molar-refractivity contribution is 0.419. The fourth-order valence-corrected chi connectivity index (χ4v) is 2.42. The van der Waals surface area contributed by atoms with E-state index in [9.17, 15) is 0 Å². The van der Waals surface area contributed by atoms with Gasteiger partial charge in [-0.05, 0) is 38.8 Å². The van der Waals surface area contributed by atoms with Crippen molar-refractivity contribution < 1.29 is 4.74 Å². The Morgan fingerprint density at radius 2 is 2.21 bits per heavy atom. The van der Waals surface area contributed by atoms with Gasteiger partial charge in [-0.3, -0.25) is 0 Å². The maximum atomic E-state index is 5.43. The van der Waals surface area contributed by atoms with Crippen LogP contribution in [0.5, 0.6) is 5.75 Å². The van der Waals surface area contributed by atoms with Crippen molar-refractivity contribution in [3.8, 4) is 5.75 Å².